The summed E-state index contributed by atoms with van der Waals surface area (Å²) in [5.41, 5.74) is 5.62. The Morgan fingerprint density at radius 1 is 0.935 bits per heavy atom. The van der Waals surface area contributed by atoms with Gasteiger partial charge in [0.1, 0.15) is 11.5 Å². The third kappa shape index (κ3) is 7.00. The molecule has 5 nitrogen and oxygen atoms in total. The van der Waals surface area contributed by atoms with Gasteiger partial charge in [0.05, 0.1) is 12.8 Å². The van der Waals surface area contributed by atoms with E-state index < -0.39 is 6.10 Å². The zero-order chi connectivity index (χ0) is 21.9. The minimum atomic E-state index is -0.672. The molecule has 0 spiro atoms. The lowest BCUT2D eigenvalue weighted by Gasteiger charge is -2.13. The molecule has 0 aliphatic rings. The molecule has 3 rings (SSSR count). The Kier molecular flexibility index (Phi) is 8.23. The normalized spacial score (nSPS) is 11.8. The van der Waals surface area contributed by atoms with Crippen LogP contribution in [0.4, 0.5) is 0 Å². The Labute approximate surface area is 183 Å². The van der Waals surface area contributed by atoms with E-state index in [4.69, 9.17) is 9.47 Å². The molecule has 1 unspecified atom stereocenters. The highest BCUT2D eigenvalue weighted by Crippen LogP contribution is 2.22. The van der Waals surface area contributed by atoms with Gasteiger partial charge in [-0.1, -0.05) is 55.8 Å². The van der Waals surface area contributed by atoms with Crippen LogP contribution < -0.4 is 14.9 Å². The molecule has 0 bridgehead atoms. The average molecular weight is 417 g/mol. The van der Waals surface area contributed by atoms with Crippen molar-refractivity contribution in [3.05, 3.63) is 84.4 Å². The fraction of sp³-hybridized carbons (Fsp3) is 0.231. The maximum Gasteiger partial charge on any atom is 0.280 e. The Balaban J connectivity index is 1.47. The predicted octanol–water partition coefficient (Wildman–Crippen LogP) is 5.45. The van der Waals surface area contributed by atoms with Gasteiger partial charge >= 0.3 is 0 Å². The summed E-state index contributed by atoms with van der Waals surface area (Å²) in [6, 6.07) is 25.3. The Bertz CT molecular complexity index is 968. The van der Waals surface area contributed by atoms with Crippen LogP contribution in [0.15, 0.2) is 84.0 Å². The van der Waals surface area contributed by atoms with Gasteiger partial charge in [0.25, 0.3) is 5.91 Å². The van der Waals surface area contributed by atoms with Gasteiger partial charge in [-0.05, 0) is 66.4 Å². The second-order valence-electron chi connectivity index (χ2n) is 7.16. The molecule has 0 heterocycles. The van der Waals surface area contributed by atoms with Crippen molar-refractivity contribution in [3.8, 4) is 22.6 Å². The van der Waals surface area contributed by atoms with E-state index in [0.29, 0.717) is 12.4 Å². The van der Waals surface area contributed by atoms with Crippen molar-refractivity contribution in [2.75, 3.05) is 6.61 Å². The Morgan fingerprint density at radius 2 is 1.58 bits per heavy atom. The van der Waals surface area contributed by atoms with Crippen molar-refractivity contribution in [2.45, 2.75) is 32.8 Å². The summed E-state index contributed by atoms with van der Waals surface area (Å²) in [4.78, 5) is 12.3. The summed E-state index contributed by atoms with van der Waals surface area (Å²) >= 11 is 0. The summed E-state index contributed by atoms with van der Waals surface area (Å²) in [5, 5.41) is 4.02. The fourth-order valence-electron chi connectivity index (χ4n) is 2.86. The molecule has 31 heavy (non-hydrogen) atoms. The van der Waals surface area contributed by atoms with Gasteiger partial charge < -0.3 is 9.47 Å². The maximum atomic E-state index is 12.3. The summed E-state index contributed by atoms with van der Waals surface area (Å²) in [7, 11) is 0. The van der Waals surface area contributed by atoms with Crippen LogP contribution in [0.1, 0.15) is 32.3 Å². The third-order valence-electron chi connectivity index (χ3n) is 4.68. The number of hydrazone groups is 1. The van der Waals surface area contributed by atoms with Gasteiger partial charge in [0, 0.05) is 0 Å². The zero-order valence-electron chi connectivity index (χ0n) is 18.0. The SMILES string of the molecule is CCCCOc1ccc(/C=N/NC(=O)C(C)Oc2ccc(-c3ccccc3)cc2)cc1. The molecule has 5 heteroatoms. The van der Waals surface area contributed by atoms with Crippen molar-refractivity contribution < 1.29 is 14.3 Å². The number of carbonyl (C=O) groups is 1. The largest absolute Gasteiger partial charge is 0.494 e. The number of amides is 1. The summed E-state index contributed by atoms with van der Waals surface area (Å²) in [6.07, 6.45) is 3.06. The number of nitrogens with one attached hydrogen (secondary N) is 1. The third-order valence-corrected chi connectivity index (χ3v) is 4.68. The molecule has 0 saturated carbocycles. The lowest BCUT2D eigenvalue weighted by atomic mass is 10.1. The molecule has 1 N–H and O–H groups in total. The van der Waals surface area contributed by atoms with Crippen LogP contribution in [0.3, 0.4) is 0 Å². The molecule has 3 aromatic carbocycles. The number of benzene rings is 3. The zero-order valence-corrected chi connectivity index (χ0v) is 18.0. The highest BCUT2D eigenvalue weighted by molar-refractivity contribution is 5.84. The first-order valence-electron chi connectivity index (χ1n) is 10.5. The van der Waals surface area contributed by atoms with Gasteiger partial charge in [-0.25, -0.2) is 5.43 Å². The molecule has 1 atom stereocenters. The smallest absolute Gasteiger partial charge is 0.280 e. The van der Waals surface area contributed by atoms with Crippen molar-refractivity contribution >= 4 is 12.1 Å². The average Bonchev–Trinajstić information content (AvgIpc) is 2.81. The van der Waals surface area contributed by atoms with E-state index in [1.165, 1.54) is 0 Å². The van der Waals surface area contributed by atoms with Crippen molar-refractivity contribution in [2.24, 2.45) is 5.10 Å². The van der Waals surface area contributed by atoms with Gasteiger partial charge in [-0.15, -0.1) is 0 Å². The predicted molar refractivity (Wildman–Crippen MR) is 125 cm³/mol. The van der Waals surface area contributed by atoms with E-state index in [-0.39, 0.29) is 5.91 Å². The number of rotatable bonds is 10. The van der Waals surface area contributed by atoms with Crippen molar-refractivity contribution in [3.63, 3.8) is 0 Å². The minimum absolute atomic E-state index is 0.317. The van der Waals surface area contributed by atoms with Crippen LogP contribution in [0.5, 0.6) is 11.5 Å². The van der Waals surface area contributed by atoms with E-state index in [1.807, 2.05) is 66.7 Å². The van der Waals surface area contributed by atoms with Crippen LogP contribution in [0.2, 0.25) is 0 Å². The number of hydrogen-bond acceptors (Lipinski definition) is 4. The molecular formula is C26H28N2O3. The number of ether oxygens (including phenoxy) is 2. The van der Waals surface area contributed by atoms with E-state index in [0.717, 1.165) is 35.3 Å². The maximum absolute atomic E-state index is 12.3. The summed E-state index contributed by atoms with van der Waals surface area (Å²) in [6.45, 7) is 4.54. The molecule has 0 aliphatic carbocycles. The van der Waals surface area contributed by atoms with Crippen molar-refractivity contribution in [1.29, 1.82) is 0 Å². The molecule has 0 aliphatic heterocycles. The first-order chi connectivity index (χ1) is 15.2. The second-order valence-corrected chi connectivity index (χ2v) is 7.16. The monoisotopic (exact) mass is 416 g/mol. The standard InChI is InChI=1S/C26H28N2O3/c1-3-4-18-30-24-14-10-21(11-15-24)19-27-28-26(29)20(2)31-25-16-12-23(13-17-25)22-8-6-5-7-9-22/h5-17,19-20H,3-4,18H2,1-2H3,(H,28,29)/b27-19+. The summed E-state index contributed by atoms with van der Waals surface area (Å²) in [5.74, 6) is 1.14. The topological polar surface area (TPSA) is 59.9 Å². The highest BCUT2D eigenvalue weighted by Gasteiger charge is 2.14. The van der Waals surface area contributed by atoms with Crippen LogP contribution in [0.25, 0.3) is 11.1 Å². The van der Waals surface area contributed by atoms with Gasteiger partial charge in [-0.2, -0.15) is 5.10 Å². The Hall–Kier alpha value is -3.60. The molecular weight excluding hydrogens is 388 g/mol. The van der Waals surface area contributed by atoms with Gasteiger partial charge in [0.2, 0.25) is 0 Å². The van der Waals surface area contributed by atoms with E-state index in [9.17, 15) is 4.79 Å². The minimum Gasteiger partial charge on any atom is -0.494 e. The lowest BCUT2D eigenvalue weighted by molar-refractivity contribution is -0.127. The molecule has 3 aromatic rings. The quantitative estimate of drug-likeness (QED) is 0.272. The van der Waals surface area contributed by atoms with Crippen molar-refractivity contribution in [1.82, 2.24) is 5.43 Å². The van der Waals surface area contributed by atoms with Gasteiger partial charge in [0.15, 0.2) is 6.10 Å². The second kappa shape index (κ2) is 11.6. The molecule has 160 valence electrons. The van der Waals surface area contributed by atoms with Crippen LogP contribution >= 0.6 is 0 Å². The van der Waals surface area contributed by atoms with Crippen LogP contribution in [0, 0.1) is 0 Å². The number of carbonyl (C=O) groups excluding carboxylic acids is 1. The molecule has 0 saturated heterocycles. The number of unbranched alkanes of at least 4 members (excludes halogenated alkanes) is 1. The first-order valence-corrected chi connectivity index (χ1v) is 10.5. The molecule has 0 aromatic heterocycles. The van der Waals surface area contributed by atoms with Gasteiger partial charge in [-0.3, -0.25) is 4.79 Å². The fourth-order valence-corrected chi connectivity index (χ4v) is 2.86. The number of nitrogens with zero attached hydrogens (tertiary/aromatic N) is 1. The van der Waals surface area contributed by atoms with Crippen LogP contribution in [-0.2, 0) is 4.79 Å². The van der Waals surface area contributed by atoms with E-state index in [2.05, 4.69) is 29.6 Å². The van der Waals surface area contributed by atoms with E-state index in [1.54, 1.807) is 13.1 Å². The van der Waals surface area contributed by atoms with E-state index >= 15 is 0 Å². The lowest BCUT2D eigenvalue weighted by Crippen LogP contribution is -2.33. The van der Waals surface area contributed by atoms with Crippen LogP contribution in [-0.4, -0.2) is 24.8 Å². The molecule has 0 fully saturated rings. The highest BCUT2D eigenvalue weighted by atomic mass is 16.5. The first kappa shape index (κ1) is 22.1. The summed E-state index contributed by atoms with van der Waals surface area (Å²) < 4.78 is 11.4. The molecule has 1 amide bonds. The Morgan fingerprint density at radius 3 is 2.26 bits per heavy atom. The molecule has 0 radical (unpaired) electrons. The number of hydrogen-bond donors (Lipinski definition) is 1.